The molecular weight excluding hydrogens is 380 g/mol. The van der Waals surface area contributed by atoms with Gasteiger partial charge in [0, 0.05) is 27.0 Å². The van der Waals surface area contributed by atoms with Gasteiger partial charge < -0.3 is 9.47 Å². The Morgan fingerprint density at radius 1 is 1.14 bits per heavy atom. The highest BCUT2D eigenvalue weighted by Gasteiger charge is 2.35. The highest BCUT2D eigenvalue weighted by Crippen LogP contribution is 2.45. The normalized spacial score (nSPS) is 14.2. The van der Waals surface area contributed by atoms with E-state index in [1.54, 1.807) is 30.8 Å². The first-order valence-electron chi connectivity index (χ1n) is 10.2. The Kier molecular flexibility index (Phi) is 6.92. The fraction of sp³-hybridized carbons (Fsp3) is 0.400. The number of rotatable bonds is 5. The van der Waals surface area contributed by atoms with Crippen LogP contribution in [0.15, 0.2) is 41.3 Å². The van der Waals surface area contributed by atoms with Crippen molar-refractivity contribution >= 4 is 17.7 Å². The number of esters is 1. The number of hydrogen-bond acceptors (Lipinski definition) is 4. The van der Waals surface area contributed by atoms with E-state index in [1.165, 1.54) is 5.56 Å². The predicted molar refractivity (Wildman–Crippen MR) is 119 cm³/mol. The molecule has 0 radical (unpaired) electrons. The topological polar surface area (TPSA) is 35.5 Å². The van der Waals surface area contributed by atoms with Gasteiger partial charge in [0.1, 0.15) is 5.75 Å². The zero-order valence-electron chi connectivity index (χ0n) is 17.6. The van der Waals surface area contributed by atoms with Gasteiger partial charge in [0.15, 0.2) is 0 Å². The van der Waals surface area contributed by atoms with E-state index in [-0.39, 0.29) is 11.4 Å². The van der Waals surface area contributed by atoms with Crippen LogP contribution in [0, 0.1) is 11.8 Å². The van der Waals surface area contributed by atoms with Crippen LogP contribution >= 0.6 is 11.8 Å². The van der Waals surface area contributed by atoms with Gasteiger partial charge in [-0.1, -0.05) is 25.7 Å². The maximum absolute atomic E-state index is 11.8. The fourth-order valence-corrected chi connectivity index (χ4v) is 4.44. The molecule has 1 aliphatic heterocycles. The number of fused-ring (bicyclic) bond motifs is 1. The average Bonchev–Trinajstić information content (AvgIpc) is 2.77. The molecule has 2 aromatic carbocycles. The third-order valence-electron chi connectivity index (χ3n) is 5.80. The monoisotopic (exact) mass is 408 g/mol. The second-order valence-corrected chi connectivity index (χ2v) is 8.03. The molecule has 0 saturated heterocycles. The Bertz CT molecular complexity index is 931. The molecule has 0 bridgehead atoms. The Morgan fingerprint density at radius 2 is 1.86 bits per heavy atom. The standard InChI is InChI=1S/C25H28O3S/c1-5-25(6-2)14-15-28-22-17-23(29-4)20(16-21(22)25)13-10-18-8-11-19(12-9-18)24(26)27-7-3/h8-9,11-12,16-17H,5-7,14-15H2,1-4H3. The molecule has 29 heavy (non-hydrogen) atoms. The van der Waals surface area contributed by atoms with E-state index in [4.69, 9.17) is 9.47 Å². The van der Waals surface area contributed by atoms with Crippen LogP contribution in [0.5, 0.6) is 5.75 Å². The van der Waals surface area contributed by atoms with Gasteiger partial charge in [-0.15, -0.1) is 11.8 Å². The molecule has 3 rings (SSSR count). The molecule has 0 saturated carbocycles. The number of hydrogen-bond donors (Lipinski definition) is 0. The van der Waals surface area contributed by atoms with Crippen molar-refractivity contribution in [1.82, 2.24) is 0 Å². The van der Waals surface area contributed by atoms with Crippen LogP contribution in [0.4, 0.5) is 0 Å². The van der Waals surface area contributed by atoms with E-state index in [9.17, 15) is 4.79 Å². The third kappa shape index (κ3) is 4.46. The molecule has 3 nitrogen and oxygen atoms in total. The summed E-state index contributed by atoms with van der Waals surface area (Å²) in [4.78, 5) is 12.9. The van der Waals surface area contributed by atoms with E-state index in [1.807, 2.05) is 12.1 Å². The van der Waals surface area contributed by atoms with Crippen molar-refractivity contribution < 1.29 is 14.3 Å². The summed E-state index contributed by atoms with van der Waals surface area (Å²) in [6.45, 7) is 7.47. The van der Waals surface area contributed by atoms with E-state index in [2.05, 4.69) is 44.1 Å². The Labute approximate surface area is 178 Å². The van der Waals surface area contributed by atoms with Crippen molar-refractivity contribution in [3.8, 4) is 17.6 Å². The van der Waals surface area contributed by atoms with Crippen molar-refractivity contribution in [2.45, 2.75) is 50.3 Å². The lowest BCUT2D eigenvalue weighted by Crippen LogP contribution is -2.31. The molecule has 1 aliphatic rings. The van der Waals surface area contributed by atoms with E-state index < -0.39 is 0 Å². The molecule has 0 unspecified atom stereocenters. The Morgan fingerprint density at radius 3 is 2.48 bits per heavy atom. The summed E-state index contributed by atoms with van der Waals surface area (Å²) in [7, 11) is 0. The van der Waals surface area contributed by atoms with Gasteiger partial charge in [-0.3, -0.25) is 0 Å². The quantitative estimate of drug-likeness (QED) is 0.354. The first-order valence-corrected chi connectivity index (χ1v) is 11.4. The minimum absolute atomic E-state index is 0.169. The van der Waals surface area contributed by atoms with Crippen LogP contribution in [0.2, 0.25) is 0 Å². The van der Waals surface area contributed by atoms with Crippen molar-refractivity contribution in [3.63, 3.8) is 0 Å². The molecule has 0 fully saturated rings. The smallest absolute Gasteiger partial charge is 0.338 e. The zero-order chi connectivity index (χ0) is 20.9. The van der Waals surface area contributed by atoms with E-state index >= 15 is 0 Å². The molecule has 4 heteroatoms. The van der Waals surface area contributed by atoms with Crippen LogP contribution in [0.25, 0.3) is 0 Å². The lowest BCUT2D eigenvalue weighted by molar-refractivity contribution is 0.0526. The Balaban J connectivity index is 1.95. The number of benzene rings is 2. The second kappa shape index (κ2) is 9.41. The molecule has 0 N–H and O–H groups in total. The van der Waals surface area contributed by atoms with Crippen molar-refractivity contribution in [1.29, 1.82) is 0 Å². The van der Waals surface area contributed by atoms with Gasteiger partial charge in [-0.05, 0) is 68.8 Å². The first-order chi connectivity index (χ1) is 14.1. The number of carbonyl (C=O) groups excluding carboxylic acids is 1. The molecule has 0 spiro atoms. The summed E-state index contributed by atoms with van der Waals surface area (Å²) in [6.07, 6.45) is 5.31. The summed E-state index contributed by atoms with van der Waals surface area (Å²) >= 11 is 1.69. The minimum atomic E-state index is -0.304. The number of ether oxygens (including phenoxy) is 2. The minimum Gasteiger partial charge on any atom is -0.493 e. The highest BCUT2D eigenvalue weighted by atomic mass is 32.2. The molecule has 0 atom stereocenters. The first kappa shape index (κ1) is 21.3. The maximum atomic E-state index is 11.8. The Hall–Kier alpha value is -2.38. The highest BCUT2D eigenvalue weighted by molar-refractivity contribution is 7.98. The summed E-state index contributed by atoms with van der Waals surface area (Å²) in [6, 6.07) is 11.6. The number of thioether (sulfide) groups is 1. The molecule has 0 aromatic heterocycles. The van der Waals surface area contributed by atoms with Gasteiger partial charge in [0.05, 0.1) is 18.8 Å². The largest absolute Gasteiger partial charge is 0.493 e. The predicted octanol–water partition coefficient (Wildman–Crippen LogP) is 5.83. The fourth-order valence-electron chi connectivity index (χ4n) is 3.88. The summed E-state index contributed by atoms with van der Waals surface area (Å²) in [5, 5.41) is 0. The lowest BCUT2D eigenvalue weighted by Gasteiger charge is -2.38. The van der Waals surface area contributed by atoms with Gasteiger partial charge in [-0.25, -0.2) is 4.79 Å². The van der Waals surface area contributed by atoms with Gasteiger partial charge in [0.2, 0.25) is 0 Å². The average molecular weight is 409 g/mol. The van der Waals surface area contributed by atoms with Crippen LogP contribution < -0.4 is 4.74 Å². The van der Waals surface area contributed by atoms with E-state index in [0.717, 1.165) is 47.6 Å². The van der Waals surface area contributed by atoms with Crippen LogP contribution in [-0.2, 0) is 10.2 Å². The van der Waals surface area contributed by atoms with Gasteiger partial charge in [0.25, 0.3) is 0 Å². The van der Waals surface area contributed by atoms with Crippen LogP contribution in [0.3, 0.4) is 0 Å². The van der Waals surface area contributed by atoms with Gasteiger partial charge in [-0.2, -0.15) is 0 Å². The molecule has 2 aromatic rings. The number of carbonyl (C=O) groups is 1. The van der Waals surface area contributed by atoms with Crippen LogP contribution in [0.1, 0.15) is 67.1 Å². The summed E-state index contributed by atoms with van der Waals surface area (Å²) in [5.41, 5.74) is 3.90. The zero-order valence-corrected chi connectivity index (χ0v) is 18.4. The summed E-state index contributed by atoms with van der Waals surface area (Å²) in [5.74, 6) is 7.30. The molecular formula is C25H28O3S. The molecule has 0 aliphatic carbocycles. The molecule has 0 amide bonds. The van der Waals surface area contributed by atoms with Crippen molar-refractivity contribution in [3.05, 3.63) is 58.7 Å². The third-order valence-corrected chi connectivity index (χ3v) is 6.58. The van der Waals surface area contributed by atoms with Gasteiger partial charge >= 0.3 is 5.97 Å². The lowest BCUT2D eigenvalue weighted by atomic mass is 9.71. The van der Waals surface area contributed by atoms with Crippen molar-refractivity contribution in [2.24, 2.45) is 0 Å². The second-order valence-electron chi connectivity index (χ2n) is 7.18. The van der Waals surface area contributed by atoms with E-state index in [0.29, 0.717) is 12.2 Å². The van der Waals surface area contributed by atoms with Crippen LogP contribution in [-0.4, -0.2) is 25.4 Å². The summed E-state index contributed by atoms with van der Waals surface area (Å²) < 4.78 is 11.0. The molecule has 1 heterocycles. The SMILES string of the molecule is CCOC(=O)c1ccc(C#Cc2cc3c(cc2SC)OCCC3(CC)CC)cc1. The molecule has 152 valence electrons. The maximum Gasteiger partial charge on any atom is 0.338 e. The van der Waals surface area contributed by atoms with Crippen molar-refractivity contribution in [2.75, 3.05) is 19.5 Å².